The van der Waals surface area contributed by atoms with E-state index in [1.807, 2.05) is 6.92 Å². The molecule has 1 aromatic heterocycles. The van der Waals surface area contributed by atoms with Crippen molar-refractivity contribution in [3.63, 3.8) is 0 Å². The predicted octanol–water partition coefficient (Wildman–Crippen LogP) is 2.63. The van der Waals surface area contributed by atoms with Crippen LogP contribution >= 0.6 is 11.6 Å². The van der Waals surface area contributed by atoms with E-state index in [2.05, 4.69) is 20.6 Å². The molecule has 8 nitrogen and oxygen atoms in total. The highest BCUT2D eigenvalue weighted by Gasteiger charge is 2.55. The van der Waals surface area contributed by atoms with Crippen LogP contribution in [0.1, 0.15) is 54.0 Å². The van der Waals surface area contributed by atoms with Gasteiger partial charge in [0.1, 0.15) is 17.3 Å². The van der Waals surface area contributed by atoms with Gasteiger partial charge in [-0.25, -0.2) is 9.37 Å². The number of aliphatic hydroxyl groups is 1. The Bertz CT molecular complexity index is 1090. The second-order valence-electron chi connectivity index (χ2n) is 8.95. The lowest BCUT2D eigenvalue weighted by molar-refractivity contribution is -0.132. The number of nitrogens with zero attached hydrogens (tertiary/aromatic N) is 2. The molecular weight excluding hydrogens is 451 g/mol. The second kappa shape index (κ2) is 8.87. The van der Waals surface area contributed by atoms with Gasteiger partial charge in [0.05, 0.1) is 34.3 Å². The molecular formula is C23H26ClFN4O4. The lowest BCUT2D eigenvalue weighted by Gasteiger charge is -2.56. The van der Waals surface area contributed by atoms with Crippen LogP contribution in [0.4, 0.5) is 4.39 Å². The van der Waals surface area contributed by atoms with Crippen LogP contribution < -0.4 is 15.4 Å². The van der Waals surface area contributed by atoms with Gasteiger partial charge in [-0.15, -0.1) is 0 Å². The van der Waals surface area contributed by atoms with E-state index < -0.39 is 28.9 Å². The van der Waals surface area contributed by atoms with Crippen molar-refractivity contribution in [2.45, 2.75) is 63.1 Å². The monoisotopic (exact) mass is 476 g/mol. The van der Waals surface area contributed by atoms with Crippen molar-refractivity contribution < 1.29 is 23.8 Å². The van der Waals surface area contributed by atoms with E-state index in [1.165, 1.54) is 18.3 Å². The summed E-state index contributed by atoms with van der Waals surface area (Å²) in [6, 6.07) is 3.94. The average Bonchev–Trinajstić information content (AvgIpc) is 2.77. The number of carbonyl (C=O) groups excluding carboxylic acids is 2. The van der Waals surface area contributed by atoms with Crippen LogP contribution in [0.3, 0.4) is 0 Å². The molecule has 2 bridgehead atoms. The van der Waals surface area contributed by atoms with Gasteiger partial charge in [0.2, 0.25) is 0 Å². The minimum Gasteiger partial charge on any atom is -0.484 e. The Morgan fingerprint density at radius 2 is 1.94 bits per heavy atom. The molecule has 5 rings (SSSR count). The Morgan fingerprint density at radius 3 is 2.58 bits per heavy atom. The Kier molecular flexibility index (Phi) is 6.28. The Balaban J connectivity index is 1.35. The van der Waals surface area contributed by atoms with E-state index in [0.29, 0.717) is 37.8 Å². The number of nitrogens with one attached hydrogen (secondary N) is 2. The second-order valence-corrected chi connectivity index (χ2v) is 9.36. The normalized spacial score (nSPS) is 26.0. The van der Waals surface area contributed by atoms with Crippen molar-refractivity contribution in [1.29, 1.82) is 0 Å². The lowest BCUT2D eigenvalue weighted by atomic mass is 9.60. The zero-order chi connectivity index (χ0) is 23.8. The Labute approximate surface area is 195 Å². The number of benzene rings is 1. The number of halogens is 2. The summed E-state index contributed by atoms with van der Waals surface area (Å²) in [4.78, 5) is 33.8. The van der Waals surface area contributed by atoms with Crippen LogP contribution in [0, 0.1) is 19.7 Å². The molecule has 0 radical (unpaired) electrons. The number of hydrogen-bond acceptors (Lipinski definition) is 6. The zero-order valence-electron chi connectivity index (χ0n) is 18.5. The smallest absolute Gasteiger partial charge is 0.271 e. The van der Waals surface area contributed by atoms with E-state index in [4.69, 9.17) is 16.3 Å². The van der Waals surface area contributed by atoms with E-state index in [0.717, 1.165) is 11.8 Å². The summed E-state index contributed by atoms with van der Waals surface area (Å²) in [5.41, 5.74) is 0.367. The summed E-state index contributed by atoms with van der Waals surface area (Å²) in [6.45, 7) is 3.31. The number of amides is 2. The molecule has 2 aromatic rings. The van der Waals surface area contributed by atoms with Gasteiger partial charge in [0.25, 0.3) is 11.8 Å². The van der Waals surface area contributed by atoms with Gasteiger partial charge >= 0.3 is 0 Å². The van der Waals surface area contributed by atoms with Crippen molar-refractivity contribution in [3.05, 3.63) is 52.3 Å². The SMILES string of the molecule is Cc1ncc(C(=O)NC23CCC(NC(=O)COc4ccc(Cl)c(F)c4)(CC2)[C@@H](O)C3)nc1C. The van der Waals surface area contributed by atoms with Crippen molar-refractivity contribution in [2.24, 2.45) is 0 Å². The van der Waals surface area contributed by atoms with Gasteiger partial charge in [0.15, 0.2) is 6.61 Å². The lowest BCUT2D eigenvalue weighted by Crippen LogP contribution is -2.70. The van der Waals surface area contributed by atoms with Crippen molar-refractivity contribution in [3.8, 4) is 5.75 Å². The third-order valence-electron chi connectivity index (χ3n) is 6.77. The number of rotatable bonds is 6. The molecule has 0 unspecified atom stereocenters. The highest BCUT2D eigenvalue weighted by Crippen LogP contribution is 2.47. The maximum atomic E-state index is 13.5. The highest BCUT2D eigenvalue weighted by molar-refractivity contribution is 6.30. The van der Waals surface area contributed by atoms with Crippen molar-refractivity contribution in [1.82, 2.24) is 20.6 Å². The third-order valence-corrected chi connectivity index (χ3v) is 7.08. The minimum atomic E-state index is -0.830. The molecule has 3 N–H and O–H groups in total. The van der Waals surface area contributed by atoms with Gasteiger partial charge in [-0.05, 0) is 58.1 Å². The van der Waals surface area contributed by atoms with Gasteiger partial charge in [-0.3, -0.25) is 14.6 Å². The number of aromatic nitrogens is 2. The van der Waals surface area contributed by atoms with Crippen molar-refractivity contribution >= 4 is 23.4 Å². The maximum Gasteiger partial charge on any atom is 0.271 e. The predicted molar refractivity (Wildman–Crippen MR) is 119 cm³/mol. The van der Waals surface area contributed by atoms with Crippen LogP contribution in [-0.2, 0) is 4.79 Å². The van der Waals surface area contributed by atoms with Gasteiger partial charge in [-0.1, -0.05) is 11.6 Å². The topological polar surface area (TPSA) is 113 Å². The molecule has 0 spiro atoms. The molecule has 0 saturated heterocycles. The molecule has 1 atom stereocenters. The molecule has 3 saturated carbocycles. The van der Waals surface area contributed by atoms with Crippen LogP contribution in [0.25, 0.3) is 0 Å². The van der Waals surface area contributed by atoms with Crippen LogP contribution in [0.5, 0.6) is 5.75 Å². The maximum absolute atomic E-state index is 13.5. The number of fused-ring (bicyclic) bond motifs is 3. The fourth-order valence-electron chi connectivity index (χ4n) is 4.65. The highest BCUT2D eigenvalue weighted by atomic mass is 35.5. The molecule has 1 heterocycles. The molecule has 33 heavy (non-hydrogen) atoms. The minimum absolute atomic E-state index is 0.0293. The summed E-state index contributed by atoms with van der Waals surface area (Å²) in [5.74, 6) is -1.17. The molecule has 1 aromatic carbocycles. The summed E-state index contributed by atoms with van der Waals surface area (Å²) >= 11 is 5.65. The molecule has 176 valence electrons. The zero-order valence-corrected chi connectivity index (χ0v) is 19.2. The third kappa shape index (κ3) is 4.79. The Hall–Kier alpha value is -2.78. The molecule has 0 aliphatic heterocycles. The quantitative estimate of drug-likeness (QED) is 0.590. The molecule has 3 aliphatic rings. The number of aliphatic hydroxyl groups excluding tert-OH is 1. The summed E-state index contributed by atoms with van der Waals surface area (Å²) in [6.07, 6.45) is 3.18. The van der Waals surface area contributed by atoms with Crippen LogP contribution in [-0.4, -0.2) is 50.7 Å². The summed E-state index contributed by atoms with van der Waals surface area (Å²) in [5, 5.41) is 16.8. The molecule has 2 amide bonds. The standard InChI is InChI=1S/C23H26ClFN4O4/c1-13-14(2)27-18(11-26-13)21(32)29-22-5-7-23(8-6-22,19(30)10-22)28-20(31)12-33-15-3-4-16(24)17(25)9-15/h3-4,9,11,19,30H,5-8,10,12H2,1-2H3,(H,28,31)(H,29,32)/t19-,22?,23?/m0/s1. The van der Waals surface area contributed by atoms with Crippen LogP contribution in [0.2, 0.25) is 5.02 Å². The first-order valence-corrected chi connectivity index (χ1v) is 11.2. The summed E-state index contributed by atoms with van der Waals surface area (Å²) < 4.78 is 18.9. The first kappa shape index (κ1) is 23.4. The molecule has 10 heteroatoms. The van der Waals surface area contributed by atoms with Gasteiger partial charge in [-0.2, -0.15) is 0 Å². The van der Waals surface area contributed by atoms with E-state index in [1.54, 1.807) is 6.92 Å². The van der Waals surface area contributed by atoms with Crippen LogP contribution in [0.15, 0.2) is 24.4 Å². The molecule has 3 aliphatic carbocycles. The van der Waals surface area contributed by atoms with E-state index in [-0.39, 0.29) is 29.0 Å². The van der Waals surface area contributed by atoms with E-state index >= 15 is 0 Å². The molecule has 3 fully saturated rings. The Morgan fingerprint density at radius 1 is 1.21 bits per heavy atom. The van der Waals surface area contributed by atoms with E-state index in [9.17, 15) is 19.1 Å². The summed E-state index contributed by atoms with van der Waals surface area (Å²) in [7, 11) is 0. The first-order valence-electron chi connectivity index (χ1n) is 10.8. The fourth-order valence-corrected chi connectivity index (χ4v) is 4.76. The van der Waals surface area contributed by atoms with Gasteiger partial charge < -0.3 is 20.5 Å². The largest absolute Gasteiger partial charge is 0.484 e. The first-order chi connectivity index (χ1) is 15.6. The fraction of sp³-hybridized carbons (Fsp3) is 0.478. The average molecular weight is 477 g/mol. The van der Waals surface area contributed by atoms with Gasteiger partial charge in [0, 0.05) is 11.6 Å². The number of hydrogen-bond donors (Lipinski definition) is 3. The number of aryl methyl sites for hydroxylation is 2. The number of carbonyl (C=O) groups is 2. The van der Waals surface area contributed by atoms with Crippen molar-refractivity contribution in [2.75, 3.05) is 6.61 Å². The number of ether oxygens (including phenoxy) is 1.